The summed E-state index contributed by atoms with van der Waals surface area (Å²) in [5, 5.41) is 2.92. The van der Waals surface area contributed by atoms with Crippen LogP contribution in [0.15, 0.2) is 53.4 Å². The molecule has 0 bridgehead atoms. The van der Waals surface area contributed by atoms with Gasteiger partial charge in [0.2, 0.25) is 5.91 Å². The lowest BCUT2D eigenvalue weighted by molar-refractivity contribution is -0.113. The quantitative estimate of drug-likeness (QED) is 0.647. The van der Waals surface area contributed by atoms with Crippen molar-refractivity contribution in [2.24, 2.45) is 0 Å². The van der Waals surface area contributed by atoms with Crippen LogP contribution in [-0.4, -0.2) is 24.7 Å². The molecular formula is C18H19NO3S. The lowest BCUT2D eigenvalue weighted by Gasteiger charge is -2.10. The first kappa shape index (κ1) is 17.1. The first-order chi connectivity index (χ1) is 11.2. The highest BCUT2D eigenvalue weighted by atomic mass is 32.2. The smallest absolute Gasteiger partial charge is 0.338 e. The van der Waals surface area contributed by atoms with Gasteiger partial charge in [-0.2, -0.15) is 0 Å². The van der Waals surface area contributed by atoms with Gasteiger partial charge in [-0.15, -0.1) is 11.8 Å². The van der Waals surface area contributed by atoms with Gasteiger partial charge in [-0.1, -0.05) is 37.3 Å². The molecule has 0 atom stereocenters. The maximum Gasteiger partial charge on any atom is 0.338 e. The fraction of sp³-hybridized carbons (Fsp3) is 0.222. The number of nitrogens with one attached hydrogen (secondary N) is 1. The molecule has 2 aromatic rings. The number of thioether (sulfide) groups is 1. The molecule has 0 aliphatic rings. The summed E-state index contributed by atoms with van der Waals surface area (Å²) in [6, 6.07) is 14.8. The number of carbonyl (C=O) groups is 2. The molecule has 120 valence electrons. The minimum absolute atomic E-state index is 0.101. The highest BCUT2D eigenvalue weighted by Crippen LogP contribution is 2.24. The number of rotatable bonds is 6. The fourth-order valence-corrected chi connectivity index (χ4v) is 2.99. The Balaban J connectivity index is 2.01. The van der Waals surface area contributed by atoms with Crippen LogP contribution in [0.5, 0.6) is 0 Å². The molecule has 2 rings (SSSR count). The average molecular weight is 329 g/mol. The molecule has 0 saturated heterocycles. The molecule has 1 amide bonds. The van der Waals surface area contributed by atoms with E-state index < -0.39 is 5.97 Å². The van der Waals surface area contributed by atoms with Gasteiger partial charge in [0.05, 0.1) is 18.4 Å². The van der Waals surface area contributed by atoms with Crippen LogP contribution in [0.4, 0.5) is 5.69 Å². The van der Waals surface area contributed by atoms with Crippen LogP contribution in [0, 0.1) is 0 Å². The number of ether oxygens (including phenoxy) is 1. The minimum atomic E-state index is -0.398. The zero-order valence-corrected chi connectivity index (χ0v) is 14.0. The van der Waals surface area contributed by atoms with Gasteiger partial charge in [0.1, 0.15) is 0 Å². The number of hydrogen-bond acceptors (Lipinski definition) is 4. The highest BCUT2D eigenvalue weighted by Gasteiger charge is 2.13. The van der Waals surface area contributed by atoms with E-state index in [1.807, 2.05) is 43.3 Å². The van der Waals surface area contributed by atoms with Crippen molar-refractivity contribution in [2.75, 3.05) is 18.2 Å². The van der Waals surface area contributed by atoms with Gasteiger partial charge in [0.15, 0.2) is 0 Å². The number of benzene rings is 2. The van der Waals surface area contributed by atoms with Crippen LogP contribution < -0.4 is 5.32 Å². The molecule has 0 spiro atoms. The van der Waals surface area contributed by atoms with E-state index in [9.17, 15) is 9.59 Å². The second-order valence-electron chi connectivity index (χ2n) is 4.84. The van der Waals surface area contributed by atoms with Gasteiger partial charge < -0.3 is 10.1 Å². The summed E-state index contributed by atoms with van der Waals surface area (Å²) in [4.78, 5) is 24.6. The minimum Gasteiger partial charge on any atom is -0.465 e. The van der Waals surface area contributed by atoms with E-state index in [-0.39, 0.29) is 11.7 Å². The Morgan fingerprint density at radius 1 is 1.09 bits per heavy atom. The van der Waals surface area contributed by atoms with Crippen molar-refractivity contribution in [2.45, 2.75) is 18.2 Å². The maximum absolute atomic E-state index is 12.2. The number of amides is 1. The van der Waals surface area contributed by atoms with E-state index in [0.29, 0.717) is 5.56 Å². The maximum atomic E-state index is 12.2. The second kappa shape index (κ2) is 8.39. The Hall–Kier alpha value is -2.27. The predicted octanol–water partition coefficient (Wildman–Crippen LogP) is 3.77. The third kappa shape index (κ3) is 4.60. The van der Waals surface area contributed by atoms with Gasteiger partial charge in [0, 0.05) is 10.6 Å². The van der Waals surface area contributed by atoms with Crippen molar-refractivity contribution in [3.8, 4) is 0 Å². The molecule has 23 heavy (non-hydrogen) atoms. The van der Waals surface area contributed by atoms with Crippen molar-refractivity contribution in [3.63, 3.8) is 0 Å². The molecule has 2 aromatic carbocycles. The van der Waals surface area contributed by atoms with Crippen LogP contribution in [0.3, 0.4) is 0 Å². The Labute approximate surface area is 140 Å². The van der Waals surface area contributed by atoms with Gasteiger partial charge in [-0.3, -0.25) is 4.79 Å². The number of methoxy groups -OCH3 is 1. The molecule has 0 fully saturated rings. The normalized spacial score (nSPS) is 10.2. The van der Waals surface area contributed by atoms with E-state index in [4.69, 9.17) is 4.74 Å². The van der Waals surface area contributed by atoms with E-state index in [1.54, 1.807) is 12.1 Å². The molecular weight excluding hydrogens is 310 g/mol. The average Bonchev–Trinajstić information content (AvgIpc) is 2.60. The summed E-state index contributed by atoms with van der Waals surface area (Å²) >= 11 is 1.32. The zero-order valence-electron chi connectivity index (χ0n) is 13.2. The van der Waals surface area contributed by atoms with E-state index in [1.165, 1.54) is 18.9 Å². The Morgan fingerprint density at radius 3 is 2.52 bits per heavy atom. The molecule has 0 unspecified atom stereocenters. The van der Waals surface area contributed by atoms with Gasteiger partial charge >= 0.3 is 5.97 Å². The molecule has 5 heteroatoms. The van der Waals surface area contributed by atoms with E-state index in [0.717, 1.165) is 22.6 Å². The molecule has 0 heterocycles. The van der Waals surface area contributed by atoms with Crippen molar-refractivity contribution in [3.05, 3.63) is 59.7 Å². The number of hydrogen-bond donors (Lipinski definition) is 1. The van der Waals surface area contributed by atoms with Crippen LogP contribution in [-0.2, 0) is 16.0 Å². The molecule has 0 aliphatic carbocycles. The second-order valence-corrected chi connectivity index (χ2v) is 5.85. The summed E-state index contributed by atoms with van der Waals surface area (Å²) in [6.45, 7) is 2.05. The van der Waals surface area contributed by atoms with Gasteiger partial charge in [0.25, 0.3) is 0 Å². The third-order valence-electron chi connectivity index (χ3n) is 3.32. The van der Waals surface area contributed by atoms with Crippen molar-refractivity contribution in [1.29, 1.82) is 0 Å². The fourth-order valence-electron chi connectivity index (χ4n) is 2.15. The highest BCUT2D eigenvalue weighted by molar-refractivity contribution is 8.00. The summed E-state index contributed by atoms with van der Waals surface area (Å²) in [7, 11) is 1.35. The first-order valence-electron chi connectivity index (χ1n) is 7.33. The molecule has 1 N–H and O–H groups in total. The Kier molecular flexibility index (Phi) is 6.23. The standard InChI is InChI=1S/C18H19NO3S/c1-3-13-8-4-6-10-15(13)19-17(20)12-23-16-11-7-5-9-14(16)18(21)22-2/h4-11H,3,12H2,1-2H3,(H,19,20). The molecule has 4 nitrogen and oxygen atoms in total. The van der Waals surface area contributed by atoms with Crippen molar-refractivity contribution < 1.29 is 14.3 Å². The van der Waals surface area contributed by atoms with Gasteiger partial charge in [-0.05, 0) is 30.2 Å². The van der Waals surface area contributed by atoms with E-state index >= 15 is 0 Å². The van der Waals surface area contributed by atoms with Crippen molar-refractivity contribution in [1.82, 2.24) is 0 Å². The Bertz CT molecular complexity index is 700. The summed E-state index contributed by atoms with van der Waals surface area (Å²) in [5.74, 6) is -0.271. The predicted molar refractivity (Wildman–Crippen MR) is 93.0 cm³/mol. The van der Waals surface area contributed by atoms with Gasteiger partial charge in [-0.25, -0.2) is 4.79 Å². The summed E-state index contributed by atoms with van der Waals surface area (Å²) in [5.41, 5.74) is 2.41. The SMILES string of the molecule is CCc1ccccc1NC(=O)CSc1ccccc1C(=O)OC. The largest absolute Gasteiger partial charge is 0.465 e. The van der Waals surface area contributed by atoms with Crippen LogP contribution in [0.2, 0.25) is 0 Å². The molecule has 0 aliphatic heterocycles. The monoisotopic (exact) mass is 329 g/mol. The number of para-hydroxylation sites is 1. The number of aryl methyl sites for hydroxylation is 1. The van der Waals surface area contributed by atoms with Crippen LogP contribution in [0.1, 0.15) is 22.8 Å². The number of anilines is 1. The zero-order chi connectivity index (χ0) is 16.7. The lowest BCUT2D eigenvalue weighted by Crippen LogP contribution is -2.15. The topological polar surface area (TPSA) is 55.4 Å². The molecule has 0 aromatic heterocycles. The molecule has 0 radical (unpaired) electrons. The molecule has 0 saturated carbocycles. The Morgan fingerprint density at radius 2 is 1.78 bits per heavy atom. The number of carbonyl (C=O) groups excluding carboxylic acids is 2. The van der Waals surface area contributed by atoms with Crippen LogP contribution in [0.25, 0.3) is 0 Å². The third-order valence-corrected chi connectivity index (χ3v) is 4.40. The number of esters is 1. The first-order valence-corrected chi connectivity index (χ1v) is 8.32. The van der Waals surface area contributed by atoms with E-state index in [2.05, 4.69) is 5.32 Å². The summed E-state index contributed by atoms with van der Waals surface area (Å²) < 4.78 is 4.76. The summed E-state index contributed by atoms with van der Waals surface area (Å²) in [6.07, 6.45) is 0.856. The van der Waals surface area contributed by atoms with Crippen LogP contribution >= 0.6 is 11.8 Å². The van der Waals surface area contributed by atoms with Crippen molar-refractivity contribution >= 4 is 29.3 Å². The lowest BCUT2D eigenvalue weighted by atomic mass is 10.1.